The molecule has 6 heteroatoms. The van der Waals surface area contributed by atoms with E-state index in [1.165, 1.54) is 23.5 Å². The third kappa shape index (κ3) is 2.36. The summed E-state index contributed by atoms with van der Waals surface area (Å²) in [5.74, 6) is -2.89. The van der Waals surface area contributed by atoms with Crippen LogP contribution in [0, 0.1) is 0 Å². The van der Waals surface area contributed by atoms with Gasteiger partial charge in [-0.1, -0.05) is 24.3 Å². The molecule has 0 radical (unpaired) electrons. The molecule has 0 aliphatic heterocycles. The highest BCUT2D eigenvalue weighted by molar-refractivity contribution is 7.21. The number of fused-ring (bicyclic) bond motifs is 1. The van der Waals surface area contributed by atoms with Gasteiger partial charge in [-0.25, -0.2) is 4.98 Å². The van der Waals surface area contributed by atoms with Crippen LogP contribution in [0.1, 0.15) is 20.7 Å². The molecule has 1 aromatic heterocycles. The molecule has 0 bridgehead atoms. The molecule has 0 saturated heterocycles. The van der Waals surface area contributed by atoms with Gasteiger partial charge in [0.25, 0.3) is 0 Å². The molecule has 3 aromatic rings. The van der Waals surface area contributed by atoms with E-state index in [-0.39, 0.29) is 11.1 Å². The van der Waals surface area contributed by atoms with Gasteiger partial charge in [0.2, 0.25) is 0 Å². The molecule has 5 nitrogen and oxygen atoms in total. The Balaban J connectivity index is 2.21. The summed E-state index contributed by atoms with van der Waals surface area (Å²) < 4.78 is 0.917. The van der Waals surface area contributed by atoms with Gasteiger partial charge in [0, 0.05) is 11.1 Å². The number of rotatable bonds is 3. The first-order valence-electron chi connectivity index (χ1n) is 5.99. The molecule has 0 aliphatic carbocycles. The number of carbonyl (C=O) groups excluding carboxylic acids is 2. The van der Waals surface area contributed by atoms with Crippen molar-refractivity contribution in [2.75, 3.05) is 0 Å². The second-order valence-corrected chi connectivity index (χ2v) is 5.35. The monoisotopic (exact) mass is 297 g/mol. The van der Waals surface area contributed by atoms with Crippen LogP contribution < -0.4 is 10.2 Å². The van der Waals surface area contributed by atoms with E-state index in [9.17, 15) is 19.8 Å². The van der Waals surface area contributed by atoms with E-state index in [0.717, 1.165) is 16.3 Å². The van der Waals surface area contributed by atoms with Crippen LogP contribution in [0.25, 0.3) is 20.8 Å². The fraction of sp³-hybridized carbons (Fsp3) is 0. The zero-order valence-electron chi connectivity index (χ0n) is 10.5. The lowest BCUT2D eigenvalue weighted by Crippen LogP contribution is -2.26. The molecular weight excluding hydrogens is 290 g/mol. The smallest absolute Gasteiger partial charge is 0.125 e. The lowest BCUT2D eigenvalue weighted by atomic mass is 10.0. The standard InChI is InChI=1S/C15H9NO4S/c17-14(18)8-5-6-9(10(7-8)15(19)20)13-16-11-3-1-2-4-12(11)21-13/h1-7H,(H,17,18)(H,19,20)/p-2. The predicted octanol–water partition coefficient (Wildman–Crippen LogP) is 0.690. The first-order valence-corrected chi connectivity index (χ1v) is 6.80. The Labute approximate surface area is 123 Å². The Morgan fingerprint density at radius 3 is 2.43 bits per heavy atom. The summed E-state index contributed by atoms with van der Waals surface area (Å²) >= 11 is 1.33. The molecule has 1 heterocycles. The molecule has 0 N–H and O–H groups in total. The molecule has 2 aromatic carbocycles. The highest BCUT2D eigenvalue weighted by Crippen LogP contribution is 2.32. The third-order valence-electron chi connectivity index (χ3n) is 3.00. The molecule has 3 rings (SSSR count). The molecule has 104 valence electrons. The van der Waals surface area contributed by atoms with Crippen LogP contribution in [0.5, 0.6) is 0 Å². The van der Waals surface area contributed by atoms with Crippen LogP contribution in [0.4, 0.5) is 0 Å². The Kier molecular flexibility index (Phi) is 3.15. The number of carbonyl (C=O) groups is 2. The van der Waals surface area contributed by atoms with Gasteiger partial charge in [-0.15, -0.1) is 11.3 Å². The maximum atomic E-state index is 11.2. The summed E-state index contributed by atoms with van der Waals surface area (Å²) in [4.78, 5) is 26.4. The van der Waals surface area contributed by atoms with Crippen LogP contribution in [0.15, 0.2) is 42.5 Å². The van der Waals surface area contributed by atoms with Crippen LogP contribution in [0.2, 0.25) is 0 Å². The van der Waals surface area contributed by atoms with Gasteiger partial charge in [0.1, 0.15) is 5.01 Å². The van der Waals surface area contributed by atoms with Crippen LogP contribution in [0.3, 0.4) is 0 Å². The van der Waals surface area contributed by atoms with Gasteiger partial charge in [-0.05, 0) is 23.8 Å². The van der Waals surface area contributed by atoms with Gasteiger partial charge in [0.05, 0.1) is 22.2 Å². The highest BCUT2D eigenvalue weighted by atomic mass is 32.1. The summed E-state index contributed by atoms with van der Waals surface area (Å²) in [6.07, 6.45) is 0. The summed E-state index contributed by atoms with van der Waals surface area (Å²) in [7, 11) is 0. The number of aromatic nitrogens is 1. The Morgan fingerprint density at radius 1 is 1.00 bits per heavy atom. The molecule has 0 spiro atoms. The number of para-hydroxylation sites is 1. The van der Waals surface area contributed by atoms with Crippen molar-refractivity contribution < 1.29 is 19.8 Å². The van der Waals surface area contributed by atoms with Gasteiger partial charge < -0.3 is 19.8 Å². The van der Waals surface area contributed by atoms with Crippen molar-refractivity contribution in [1.29, 1.82) is 0 Å². The van der Waals surface area contributed by atoms with Gasteiger partial charge >= 0.3 is 0 Å². The molecular formula is C15H7NO4S-2. The predicted molar refractivity (Wildman–Crippen MR) is 73.7 cm³/mol. The van der Waals surface area contributed by atoms with E-state index in [2.05, 4.69) is 4.98 Å². The topological polar surface area (TPSA) is 93.2 Å². The molecule has 21 heavy (non-hydrogen) atoms. The lowest BCUT2D eigenvalue weighted by Gasteiger charge is -2.11. The zero-order valence-corrected chi connectivity index (χ0v) is 11.3. The van der Waals surface area contributed by atoms with Gasteiger partial charge in [-0.2, -0.15) is 0 Å². The van der Waals surface area contributed by atoms with Crippen LogP contribution in [-0.4, -0.2) is 16.9 Å². The molecule has 0 amide bonds. The van der Waals surface area contributed by atoms with E-state index in [1.54, 1.807) is 0 Å². The maximum absolute atomic E-state index is 11.2. The molecule has 0 saturated carbocycles. The maximum Gasteiger partial charge on any atom is 0.125 e. The lowest BCUT2D eigenvalue weighted by molar-refractivity contribution is -0.255. The minimum Gasteiger partial charge on any atom is -0.545 e. The van der Waals surface area contributed by atoms with E-state index in [0.29, 0.717) is 10.6 Å². The number of carboxylic acid groups (broad SMARTS) is 2. The van der Waals surface area contributed by atoms with Gasteiger partial charge in [-0.3, -0.25) is 0 Å². The molecule has 0 atom stereocenters. The fourth-order valence-electron chi connectivity index (χ4n) is 2.01. The van der Waals surface area contributed by atoms with E-state index in [4.69, 9.17) is 0 Å². The summed E-state index contributed by atoms with van der Waals surface area (Å²) in [5, 5.41) is 22.6. The summed E-state index contributed by atoms with van der Waals surface area (Å²) in [5.41, 5.74) is 0.668. The SMILES string of the molecule is O=C([O-])c1ccc(-c2nc3ccccc3s2)c(C(=O)[O-])c1. The minimum absolute atomic E-state index is 0.209. The second-order valence-electron chi connectivity index (χ2n) is 4.32. The molecule has 0 aliphatic rings. The van der Waals surface area contributed by atoms with Crippen molar-refractivity contribution in [2.45, 2.75) is 0 Å². The number of hydrogen-bond donors (Lipinski definition) is 0. The van der Waals surface area contributed by atoms with Crippen molar-refractivity contribution in [3.8, 4) is 10.6 Å². The van der Waals surface area contributed by atoms with Crippen molar-refractivity contribution in [2.24, 2.45) is 0 Å². The third-order valence-corrected chi connectivity index (χ3v) is 4.07. The number of nitrogens with zero attached hydrogens (tertiary/aromatic N) is 1. The zero-order chi connectivity index (χ0) is 15.0. The van der Waals surface area contributed by atoms with E-state index >= 15 is 0 Å². The number of hydrogen-bond acceptors (Lipinski definition) is 6. The van der Waals surface area contributed by atoms with E-state index < -0.39 is 11.9 Å². The van der Waals surface area contributed by atoms with Gasteiger partial charge in [0.15, 0.2) is 0 Å². The number of carboxylic acids is 2. The Morgan fingerprint density at radius 2 is 1.76 bits per heavy atom. The first kappa shape index (κ1) is 13.3. The average Bonchev–Trinajstić information content (AvgIpc) is 2.90. The van der Waals surface area contributed by atoms with Crippen LogP contribution in [-0.2, 0) is 0 Å². The number of benzene rings is 2. The molecule has 0 fully saturated rings. The normalized spacial score (nSPS) is 10.7. The average molecular weight is 297 g/mol. The largest absolute Gasteiger partial charge is 0.545 e. The number of thiazole rings is 1. The Bertz CT molecular complexity index is 836. The second kappa shape index (κ2) is 4.99. The van der Waals surface area contributed by atoms with Crippen molar-refractivity contribution in [1.82, 2.24) is 4.98 Å². The van der Waals surface area contributed by atoms with E-state index in [1.807, 2.05) is 24.3 Å². The fourth-order valence-corrected chi connectivity index (χ4v) is 3.02. The number of aromatic carboxylic acids is 2. The van der Waals surface area contributed by atoms with Crippen molar-refractivity contribution in [3.05, 3.63) is 53.6 Å². The molecule has 0 unspecified atom stereocenters. The minimum atomic E-state index is -1.45. The van der Waals surface area contributed by atoms with Crippen LogP contribution >= 0.6 is 11.3 Å². The highest BCUT2D eigenvalue weighted by Gasteiger charge is 2.12. The summed E-state index contributed by atoms with van der Waals surface area (Å²) in [6, 6.07) is 11.1. The Hall–Kier alpha value is -2.73. The quantitative estimate of drug-likeness (QED) is 0.709. The van der Waals surface area contributed by atoms with Crippen molar-refractivity contribution in [3.63, 3.8) is 0 Å². The first-order chi connectivity index (χ1) is 10.1. The summed E-state index contributed by atoms with van der Waals surface area (Å²) in [6.45, 7) is 0. The van der Waals surface area contributed by atoms with Crippen molar-refractivity contribution >= 4 is 33.5 Å².